The lowest BCUT2D eigenvalue weighted by Gasteiger charge is -2.14. The number of hydrogen-bond acceptors (Lipinski definition) is 28. The Morgan fingerprint density at radius 2 is 0.835 bits per heavy atom. The molecular weight excluding hydrogens is 1430 g/mol. The van der Waals surface area contributed by atoms with E-state index in [2.05, 4.69) is 102 Å². The molecule has 0 spiro atoms. The van der Waals surface area contributed by atoms with Crippen molar-refractivity contribution in [2.45, 2.75) is 89.3 Å². The molecule has 10 rings (SSSR count). The van der Waals surface area contributed by atoms with Crippen molar-refractivity contribution >= 4 is 125 Å². The van der Waals surface area contributed by atoms with Crippen molar-refractivity contribution < 1.29 is 35.9 Å². The predicted octanol–water partition coefficient (Wildman–Crippen LogP) is 14.5. The fourth-order valence-electron chi connectivity index (χ4n) is 6.96. The largest absolute Gasteiger partial charge is 0.494 e. The summed E-state index contributed by atoms with van der Waals surface area (Å²) in [5.41, 5.74) is 10.6. The van der Waals surface area contributed by atoms with Crippen molar-refractivity contribution in [1.29, 1.82) is 0 Å². The van der Waals surface area contributed by atoms with Crippen LogP contribution in [0.3, 0.4) is 0 Å². The van der Waals surface area contributed by atoms with Gasteiger partial charge in [-0.1, -0.05) is 146 Å². The van der Waals surface area contributed by atoms with E-state index < -0.39 is 25.8 Å². The second-order valence-corrected chi connectivity index (χ2v) is 22.2. The first-order chi connectivity index (χ1) is 49.1. The van der Waals surface area contributed by atoms with Crippen LogP contribution in [-0.4, -0.2) is 124 Å². The molecule has 0 saturated heterocycles. The third kappa shape index (κ3) is 38.2. The number of nitrogens with zero attached hydrogens (tertiary/aromatic N) is 15. The smallest absolute Gasteiger partial charge is 0.299 e. The normalized spacial score (nSPS) is 10.0. The highest BCUT2D eigenvalue weighted by Crippen LogP contribution is 2.28. The molecule has 5 aromatic heterocycles. The summed E-state index contributed by atoms with van der Waals surface area (Å²) in [6.45, 7) is 21.5. The molecule has 38 heteroatoms. The lowest BCUT2D eigenvalue weighted by molar-refractivity contribution is 0.120. The number of aromatic hydroxyl groups is 1. The summed E-state index contributed by atoms with van der Waals surface area (Å²) in [5, 5.41) is 44.2. The quantitative estimate of drug-likeness (QED) is 0.0258. The van der Waals surface area contributed by atoms with Gasteiger partial charge in [0.25, 0.3) is 31.4 Å². The number of azo groups is 2. The molecule has 0 unspecified atom stereocenters. The summed E-state index contributed by atoms with van der Waals surface area (Å²) < 4.78 is 54.4. The van der Waals surface area contributed by atoms with Gasteiger partial charge in [-0.15, -0.1) is 10.2 Å². The van der Waals surface area contributed by atoms with Gasteiger partial charge in [-0.05, 0) is 122 Å². The van der Waals surface area contributed by atoms with E-state index in [4.69, 9.17) is 55.5 Å². The Kier molecular flexibility index (Phi) is 46.3. The van der Waals surface area contributed by atoms with Crippen molar-refractivity contribution in [3.63, 3.8) is 0 Å². The number of benzene rings is 5. The third-order valence-electron chi connectivity index (χ3n) is 11.0. The van der Waals surface area contributed by atoms with Gasteiger partial charge >= 0.3 is 0 Å². The number of aromatic nitrogens is 12. The highest BCUT2D eigenvalue weighted by molar-refractivity contribution is 7.85. The Bertz CT molecular complexity index is 4290. The zero-order valence-electron chi connectivity index (χ0n) is 59.9. The van der Waals surface area contributed by atoms with Crippen molar-refractivity contribution in [1.82, 2.24) is 59.2 Å². The van der Waals surface area contributed by atoms with Crippen LogP contribution in [0.25, 0.3) is 5.69 Å². The molecule has 558 valence electrons. The maximum Gasteiger partial charge on any atom is 0.299 e. The Balaban J connectivity index is 0.00000121. The van der Waals surface area contributed by atoms with E-state index >= 15 is 0 Å². The molecule has 0 aliphatic heterocycles. The molecule has 0 aliphatic rings. The Labute approximate surface area is 614 Å². The average molecular weight is 1520 g/mol. The van der Waals surface area contributed by atoms with Gasteiger partial charge in [-0.3, -0.25) is 33.2 Å². The number of nitrogens with two attached hydrogens (primary N) is 2. The number of rotatable bonds is 15. The molecule has 0 bridgehead atoms. The highest BCUT2D eigenvalue weighted by Gasteiger charge is 2.19. The first-order valence-electron chi connectivity index (χ1n) is 31.2. The molecule has 5 heterocycles. The summed E-state index contributed by atoms with van der Waals surface area (Å²) in [4.78, 5) is 64.3. The van der Waals surface area contributed by atoms with Crippen LogP contribution >= 0.6 is 34.8 Å². The van der Waals surface area contributed by atoms with E-state index in [0.717, 1.165) is 17.1 Å². The molecule has 0 radical (unpaired) electrons. The summed E-state index contributed by atoms with van der Waals surface area (Å²) in [6, 6.07) is 47.0. The number of anilines is 8. The highest BCUT2D eigenvalue weighted by atomic mass is 35.5. The van der Waals surface area contributed by atoms with Crippen molar-refractivity contribution in [3.8, 4) is 11.6 Å². The van der Waals surface area contributed by atoms with Gasteiger partial charge in [-0.25, -0.2) is 10.6 Å². The van der Waals surface area contributed by atoms with Crippen LogP contribution in [0.5, 0.6) is 5.88 Å². The van der Waals surface area contributed by atoms with Gasteiger partial charge < -0.3 is 37.4 Å². The number of hydrogen-bond donors (Lipinski definition) is 11. The van der Waals surface area contributed by atoms with Crippen molar-refractivity contribution in [2.24, 2.45) is 26.4 Å². The minimum atomic E-state index is -3.67. The fraction of sp³-hybridized carbons (Fsp3) is 0.277. The van der Waals surface area contributed by atoms with Gasteiger partial charge in [0, 0.05) is 44.6 Å². The molecule has 0 fully saturated rings. The number of pyridine rings is 1. The molecule has 13 N–H and O–H groups in total. The zero-order chi connectivity index (χ0) is 78.1. The van der Waals surface area contributed by atoms with Crippen molar-refractivity contribution in [2.75, 3.05) is 66.0 Å². The number of nitrogen functional groups attached to an aromatic ring is 1. The topological polar surface area (TPSA) is 476 Å². The molecule has 0 amide bonds. The van der Waals surface area contributed by atoms with Gasteiger partial charge in [0.1, 0.15) is 0 Å². The standard InChI is InChI=1S/C16H14N4O.C15H18N4O3.2C10H10ClN5.C4H6ClN5.4C2H6.2CH4O3S/c1-12-15(18-17-13-8-4-2-5-9-13)16(21)20(19-12)14-10-6-3-7-11-14;1-3-19-14(20)12(9-22-16)10(2)13(15(19)21)18-17-11-7-5-4-6-8-11;2*1-12-9-14-8(11)15-10(16-9)13-7-5-3-2-4-6-7;1-7-4-9-2(5)8-3(6)10-4;4*1-2;2*1-5(2,3)4/h2-11,19H,1H3;4-8,20H,3,9,16H2,1-2H3;2*2-6H,1H3,(H2,12,13,14,15,16);1H3,(H3,6,7,8,9,10);4*1-2H3;2*1H3,(H,2,3,4). The fourth-order valence-corrected chi connectivity index (χ4v) is 7.45. The van der Waals surface area contributed by atoms with Crippen LogP contribution in [0, 0.1) is 13.8 Å². The van der Waals surface area contributed by atoms with E-state index in [1.807, 2.05) is 195 Å². The molecule has 33 nitrogen and oxygen atoms in total. The molecule has 10 aromatic rings. The first-order valence-corrected chi connectivity index (χ1v) is 36.1. The van der Waals surface area contributed by atoms with Crippen LogP contribution in [0.15, 0.2) is 182 Å². The van der Waals surface area contributed by atoms with E-state index in [1.165, 1.54) is 9.25 Å². The molecule has 0 atom stereocenters. The minimum absolute atomic E-state index is 0.0220. The molecule has 103 heavy (non-hydrogen) atoms. The summed E-state index contributed by atoms with van der Waals surface area (Å²) in [5.74, 6) is 7.10. The first kappa shape index (κ1) is 92.5. The van der Waals surface area contributed by atoms with Crippen molar-refractivity contribution in [3.05, 3.63) is 205 Å². The molecule has 0 saturated carbocycles. The average Bonchev–Trinajstić information content (AvgIpc) is 1.80. The Hall–Kier alpha value is -10.5. The monoisotopic (exact) mass is 1520 g/mol. The van der Waals surface area contributed by atoms with E-state index in [0.29, 0.717) is 82.7 Å². The van der Waals surface area contributed by atoms with E-state index in [-0.39, 0.29) is 45.5 Å². The lowest BCUT2D eigenvalue weighted by Crippen LogP contribution is -2.22. The van der Waals surface area contributed by atoms with Crippen LogP contribution in [0.1, 0.15) is 79.1 Å². The van der Waals surface area contributed by atoms with Crippen LogP contribution < -0.4 is 49.3 Å². The van der Waals surface area contributed by atoms with Crippen LogP contribution in [0.4, 0.5) is 69.8 Å². The third-order valence-corrected chi connectivity index (χ3v) is 11.5. The van der Waals surface area contributed by atoms with Crippen LogP contribution in [0.2, 0.25) is 15.9 Å². The summed E-state index contributed by atoms with van der Waals surface area (Å²) in [7, 11) is -2.22. The SMILES string of the molecule is CC.CC.CC.CC.CCn1c(O)c(CON)c(C)c(N=Nc2ccccc2)c1=O.CNc1nc(Cl)nc(Nc2ccccc2)n1.CNc1nc(Cl)nc(Nc2ccccc2)n1.CNc1nc(N)nc(Cl)n1.CS(=O)(=O)O.CS(=O)(=O)O.Cc1[nH]n(-c2ccccc2)c(=O)c1N=Nc1ccccc1. The maximum absolute atomic E-state index is 12.4. The zero-order valence-corrected chi connectivity index (χ0v) is 63.8. The second kappa shape index (κ2) is 51.6. The van der Waals surface area contributed by atoms with E-state index in [9.17, 15) is 31.5 Å². The Morgan fingerprint density at radius 1 is 0.505 bits per heavy atom. The summed E-state index contributed by atoms with van der Waals surface area (Å²) >= 11 is 17.0. The van der Waals surface area contributed by atoms with Gasteiger partial charge in [-0.2, -0.15) is 71.9 Å². The summed E-state index contributed by atoms with van der Waals surface area (Å²) in [6.07, 6.45) is 1.43. The Morgan fingerprint density at radius 3 is 1.18 bits per heavy atom. The predicted molar refractivity (Wildman–Crippen MR) is 411 cm³/mol. The van der Waals surface area contributed by atoms with Gasteiger partial charge in [0.05, 0.1) is 41.9 Å². The number of aromatic amines is 1. The number of aryl methyl sites for hydroxylation is 1. The van der Waals surface area contributed by atoms with Gasteiger partial charge in [0.2, 0.25) is 51.5 Å². The lowest BCUT2D eigenvalue weighted by atomic mass is 10.1. The number of H-pyrrole nitrogens is 1. The second-order valence-electron chi connectivity index (χ2n) is 18.3. The maximum atomic E-state index is 12.4. The number of halogens is 3. The van der Waals surface area contributed by atoms with Gasteiger partial charge in [0.15, 0.2) is 17.3 Å². The molecule has 0 aliphatic carbocycles. The van der Waals surface area contributed by atoms with E-state index in [1.54, 1.807) is 54.0 Å². The molecular formula is C65H90Cl3N23O10S2. The molecule has 5 aromatic carbocycles. The number of para-hydroxylation sites is 3. The number of nitrogens with one attached hydrogen (secondary N) is 6. The minimum Gasteiger partial charge on any atom is -0.494 e. The van der Waals surface area contributed by atoms with Crippen LogP contribution in [-0.2, 0) is 38.2 Å².